The molecule has 1 aliphatic heterocycles. The van der Waals surface area contributed by atoms with Crippen LogP contribution in [0.25, 0.3) is 0 Å². The van der Waals surface area contributed by atoms with E-state index in [1.54, 1.807) is 13.0 Å². The van der Waals surface area contributed by atoms with Crippen LogP contribution in [-0.2, 0) is 15.6 Å². The Morgan fingerprint density at radius 2 is 1.54 bits per heavy atom. The average Bonchev–Trinajstić information content (AvgIpc) is 2.51. The Balaban J connectivity index is 2.31. The summed E-state index contributed by atoms with van der Waals surface area (Å²) in [6.45, 7) is 14.0. The third-order valence-electron chi connectivity index (χ3n) is 5.26. The van der Waals surface area contributed by atoms with Crippen molar-refractivity contribution in [2.45, 2.75) is 71.6 Å². The fourth-order valence-corrected chi connectivity index (χ4v) is 3.80. The lowest BCUT2D eigenvalue weighted by Crippen LogP contribution is -2.29. The molecule has 150 valence electrons. The number of H-pyrrole nitrogens is 1. The number of pyridine rings is 1. The van der Waals surface area contributed by atoms with E-state index in [4.69, 9.17) is 4.74 Å². The van der Waals surface area contributed by atoms with Crippen molar-refractivity contribution in [2.75, 3.05) is 0 Å². The van der Waals surface area contributed by atoms with Gasteiger partial charge in [-0.1, -0.05) is 53.7 Å². The van der Waals surface area contributed by atoms with E-state index in [0.717, 1.165) is 16.7 Å². The van der Waals surface area contributed by atoms with Gasteiger partial charge in [0.15, 0.2) is 0 Å². The predicted octanol–water partition coefficient (Wildman–Crippen LogP) is 4.42. The van der Waals surface area contributed by atoms with Crippen molar-refractivity contribution in [3.8, 4) is 11.5 Å². The number of aromatic hydroxyl groups is 1. The van der Waals surface area contributed by atoms with Gasteiger partial charge in [0.1, 0.15) is 11.5 Å². The first kappa shape index (κ1) is 20.2. The number of rotatable bonds is 1. The Morgan fingerprint density at radius 3 is 2.04 bits per heavy atom. The lowest BCUT2D eigenvalue weighted by atomic mass is 9.75. The number of ether oxygens (including phenoxy) is 1. The van der Waals surface area contributed by atoms with Gasteiger partial charge < -0.3 is 14.8 Å². The zero-order valence-corrected chi connectivity index (χ0v) is 17.7. The van der Waals surface area contributed by atoms with Crippen molar-refractivity contribution in [2.24, 2.45) is 0 Å². The van der Waals surface area contributed by atoms with Crippen LogP contribution in [-0.4, -0.2) is 16.1 Å². The highest BCUT2D eigenvalue weighted by molar-refractivity contribution is 5.77. The van der Waals surface area contributed by atoms with Crippen LogP contribution in [0.3, 0.4) is 0 Å². The van der Waals surface area contributed by atoms with E-state index in [-0.39, 0.29) is 34.5 Å². The topological polar surface area (TPSA) is 79.4 Å². The molecule has 0 bridgehead atoms. The third kappa shape index (κ3) is 3.58. The van der Waals surface area contributed by atoms with Gasteiger partial charge in [0.05, 0.1) is 12.0 Å². The molecule has 1 aliphatic rings. The van der Waals surface area contributed by atoms with E-state index in [9.17, 15) is 14.7 Å². The number of aromatic amines is 1. The van der Waals surface area contributed by atoms with Crippen LogP contribution in [0, 0.1) is 6.92 Å². The molecule has 0 amide bonds. The zero-order chi connectivity index (χ0) is 21.0. The number of carbonyl (C=O) groups is 1. The molecule has 0 saturated heterocycles. The smallest absolute Gasteiger partial charge is 0.312 e. The van der Waals surface area contributed by atoms with Crippen molar-refractivity contribution >= 4 is 5.97 Å². The minimum atomic E-state index is -0.414. The van der Waals surface area contributed by atoms with E-state index in [2.05, 4.69) is 4.98 Å². The summed E-state index contributed by atoms with van der Waals surface area (Å²) in [6, 6.07) is 5.55. The Morgan fingerprint density at radius 1 is 1.00 bits per heavy atom. The van der Waals surface area contributed by atoms with E-state index >= 15 is 0 Å². The fourth-order valence-electron chi connectivity index (χ4n) is 3.80. The van der Waals surface area contributed by atoms with Gasteiger partial charge in [-0.05, 0) is 34.4 Å². The number of hydrogen-bond acceptors (Lipinski definition) is 4. The summed E-state index contributed by atoms with van der Waals surface area (Å²) in [4.78, 5) is 27.8. The predicted molar refractivity (Wildman–Crippen MR) is 109 cm³/mol. The maximum Gasteiger partial charge on any atom is 0.312 e. The molecule has 0 spiro atoms. The molecule has 1 aromatic heterocycles. The number of aromatic nitrogens is 1. The van der Waals surface area contributed by atoms with Gasteiger partial charge in [0.2, 0.25) is 0 Å². The second-order valence-corrected chi connectivity index (χ2v) is 9.75. The lowest BCUT2D eigenvalue weighted by molar-refractivity contribution is -0.135. The van der Waals surface area contributed by atoms with Crippen molar-refractivity contribution in [3.05, 3.63) is 56.5 Å². The largest absolute Gasteiger partial charge is 0.507 e. The first-order valence-electron chi connectivity index (χ1n) is 9.61. The van der Waals surface area contributed by atoms with Crippen molar-refractivity contribution in [1.82, 2.24) is 4.98 Å². The molecule has 1 aromatic carbocycles. The number of carbonyl (C=O) groups excluding carboxylic acids is 1. The lowest BCUT2D eigenvalue weighted by Gasteiger charge is -2.31. The molecule has 2 heterocycles. The fraction of sp³-hybridized carbons (Fsp3) is 0.478. The molecule has 5 heteroatoms. The summed E-state index contributed by atoms with van der Waals surface area (Å²) in [5.41, 5.74) is 2.74. The molecular weight excluding hydrogens is 354 g/mol. The number of phenolic OH excluding ortho intramolecular Hbond substituents is 1. The van der Waals surface area contributed by atoms with Gasteiger partial charge in [0, 0.05) is 17.7 Å². The Labute approximate surface area is 165 Å². The number of nitrogens with one attached hydrogen (secondary N) is 1. The van der Waals surface area contributed by atoms with Crippen molar-refractivity contribution < 1.29 is 14.6 Å². The molecule has 5 nitrogen and oxygen atoms in total. The first-order valence-corrected chi connectivity index (χ1v) is 9.61. The van der Waals surface area contributed by atoms with Crippen LogP contribution in [0.5, 0.6) is 11.5 Å². The number of phenols is 1. The SMILES string of the molecule is Cc1cc2c(c(=O)[nH]1)[C@H](c1cc(C(C)(C)C)c(O)c(C(C)(C)C)c1)CC(=O)O2. The minimum absolute atomic E-state index is 0.0943. The molecule has 3 rings (SSSR count). The highest BCUT2D eigenvalue weighted by Gasteiger charge is 2.34. The number of hydrogen-bond donors (Lipinski definition) is 2. The zero-order valence-electron chi connectivity index (χ0n) is 17.7. The van der Waals surface area contributed by atoms with Crippen LogP contribution < -0.4 is 10.3 Å². The van der Waals surface area contributed by atoms with Crippen molar-refractivity contribution in [1.29, 1.82) is 0 Å². The first-order chi connectivity index (χ1) is 12.8. The molecule has 0 fully saturated rings. The maximum atomic E-state index is 12.7. The molecule has 0 radical (unpaired) electrons. The quantitative estimate of drug-likeness (QED) is 0.714. The minimum Gasteiger partial charge on any atom is -0.507 e. The summed E-state index contributed by atoms with van der Waals surface area (Å²) in [5, 5.41) is 11.0. The molecular formula is C23H29NO4. The van der Waals surface area contributed by atoms with E-state index in [1.165, 1.54) is 0 Å². The standard InChI is InChI=1S/C23H29NO4/c1-12-8-17-19(21(27)24-12)14(11-18(25)28-17)13-9-15(22(2,3)4)20(26)16(10-13)23(5,6)7/h8-10,14,26H,11H2,1-7H3,(H,24,27)/t14-/m0/s1. The molecule has 0 unspecified atom stereocenters. The Bertz CT molecular complexity index is 968. The summed E-state index contributed by atoms with van der Waals surface area (Å²) >= 11 is 0. The van der Waals surface area contributed by atoms with Gasteiger partial charge in [-0.3, -0.25) is 9.59 Å². The van der Waals surface area contributed by atoms with Crippen LogP contribution in [0.15, 0.2) is 23.0 Å². The van der Waals surface area contributed by atoms with E-state index < -0.39 is 5.92 Å². The van der Waals surface area contributed by atoms with E-state index in [1.807, 2.05) is 53.7 Å². The molecule has 2 aromatic rings. The summed E-state index contributed by atoms with van der Waals surface area (Å²) < 4.78 is 5.36. The van der Waals surface area contributed by atoms with Crippen LogP contribution >= 0.6 is 0 Å². The van der Waals surface area contributed by atoms with Crippen molar-refractivity contribution in [3.63, 3.8) is 0 Å². The average molecular weight is 383 g/mol. The summed E-state index contributed by atoms with van der Waals surface area (Å²) in [5.74, 6) is -0.168. The van der Waals surface area contributed by atoms with Gasteiger partial charge in [0.25, 0.3) is 5.56 Å². The normalized spacial score (nSPS) is 17.2. The highest BCUT2D eigenvalue weighted by atomic mass is 16.5. The third-order valence-corrected chi connectivity index (χ3v) is 5.26. The molecule has 28 heavy (non-hydrogen) atoms. The number of esters is 1. The second-order valence-electron chi connectivity index (χ2n) is 9.75. The molecule has 1 atom stereocenters. The molecule has 0 aliphatic carbocycles. The maximum absolute atomic E-state index is 12.7. The van der Waals surface area contributed by atoms with E-state index in [0.29, 0.717) is 17.0 Å². The monoisotopic (exact) mass is 383 g/mol. The second kappa shape index (κ2) is 6.50. The highest BCUT2D eigenvalue weighted by Crippen LogP contribution is 2.44. The number of benzene rings is 1. The summed E-state index contributed by atoms with van der Waals surface area (Å²) in [7, 11) is 0. The van der Waals surface area contributed by atoms with Crippen LogP contribution in [0.1, 0.15) is 81.8 Å². The Hall–Kier alpha value is -2.56. The molecule has 2 N–H and O–H groups in total. The van der Waals surface area contributed by atoms with Crippen LogP contribution in [0.2, 0.25) is 0 Å². The number of aryl methyl sites for hydroxylation is 1. The van der Waals surface area contributed by atoms with Gasteiger partial charge in [-0.15, -0.1) is 0 Å². The van der Waals surface area contributed by atoms with Gasteiger partial charge >= 0.3 is 5.97 Å². The molecule has 0 saturated carbocycles. The van der Waals surface area contributed by atoms with Gasteiger partial charge in [-0.25, -0.2) is 0 Å². The van der Waals surface area contributed by atoms with Gasteiger partial charge in [-0.2, -0.15) is 0 Å². The summed E-state index contributed by atoms with van der Waals surface area (Å²) in [6.07, 6.45) is 0.0943. The number of fused-ring (bicyclic) bond motifs is 1. The van der Waals surface area contributed by atoms with Crippen LogP contribution in [0.4, 0.5) is 0 Å². The Kier molecular flexibility index (Phi) is 4.69.